The summed E-state index contributed by atoms with van der Waals surface area (Å²) in [6.07, 6.45) is 0.997. The largest absolute Gasteiger partial charge is 0.497 e. The first-order valence-electron chi connectivity index (χ1n) is 9.33. The fourth-order valence-electron chi connectivity index (χ4n) is 2.71. The van der Waals surface area contributed by atoms with Gasteiger partial charge in [0.05, 0.1) is 19.9 Å². The van der Waals surface area contributed by atoms with Crippen LogP contribution in [0.1, 0.15) is 20.3 Å². The Balaban J connectivity index is 2.01. The molecule has 0 spiro atoms. The molecule has 0 aliphatic carbocycles. The van der Waals surface area contributed by atoms with Gasteiger partial charge in [-0.15, -0.1) is 0 Å². The minimum atomic E-state index is 0.303. The number of ether oxygens (including phenoxy) is 2. The molecule has 0 saturated heterocycles. The van der Waals surface area contributed by atoms with Crippen LogP contribution in [0.5, 0.6) is 11.5 Å². The Kier molecular flexibility index (Phi) is 6.32. The summed E-state index contributed by atoms with van der Waals surface area (Å²) in [5.74, 6) is 3.53. The minimum Gasteiger partial charge on any atom is -0.497 e. The molecule has 146 valence electrons. The highest BCUT2D eigenvalue weighted by Crippen LogP contribution is 2.32. The van der Waals surface area contributed by atoms with Crippen molar-refractivity contribution in [3.8, 4) is 22.9 Å². The van der Waals surface area contributed by atoms with E-state index in [1.54, 1.807) is 14.2 Å². The maximum absolute atomic E-state index is 5.47. The fraction of sp³-hybridized carbons (Fsp3) is 0.273. The number of hydrogen-bond donors (Lipinski definition) is 2. The van der Waals surface area contributed by atoms with Gasteiger partial charge in [-0.05, 0) is 25.5 Å². The summed E-state index contributed by atoms with van der Waals surface area (Å²) in [6.45, 7) is 4.26. The molecule has 0 aliphatic rings. The van der Waals surface area contributed by atoms with Crippen molar-refractivity contribution in [1.29, 1.82) is 0 Å². The standard InChI is InChI=1S/C22H26N4O2/c1-5-15(2)23-20-14-21(26-22(25-20)16-9-7-6-8-10-16)24-18-13-17(27-3)11-12-19(18)28-4/h6-15H,5H2,1-4H3,(H2,23,24,25,26). The van der Waals surface area contributed by atoms with Gasteiger partial charge in [0.25, 0.3) is 0 Å². The molecule has 0 saturated carbocycles. The number of nitrogens with zero attached hydrogens (tertiary/aromatic N) is 2. The van der Waals surface area contributed by atoms with Crippen LogP contribution < -0.4 is 20.1 Å². The van der Waals surface area contributed by atoms with E-state index >= 15 is 0 Å². The summed E-state index contributed by atoms with van der Waals surface area (Å²) in [5, 5.41) is 6.78. The molecule has 1 unspecified atom stereocenters. The lowest BCUT2D eigenvalue weighted by molar-refractivity contribution is 0.405. The Labute approximate surface area is 166 Å². The molecule has 1 atom stereocenters. The second kappa shape index (κ2) is 9.08. The van der Waals surface area contributed by atoms with E-state index in [4.69, 9.17) is 19.4 Å². The van der Waals surface area contributed by atoms with Gasteiger partial charge in [0.1, 0.15) is 23.1 Å². The van der Waals surface area contributed by atoms with E-state index in [-0.39, 0.29) is 0 Å². The Morgan fingerprint density at radius 1 is 0.929 bits per heavy atom. The molecule has 2 N–H and O–H groups in total. The van der Waals surface area contributed by atoms with Crippen LogP contribution in [0.3, 0.4) is 0 Å². The highest BCUT2D eigenvalue weighted by molar-refractivity contribution is 5.69. The summed E-state index contributed by atoms with van der Waals surface area (Å²) in [5.41, 5.74) is 1.73. The summed E-state index contributed by atoms with van der Waals surface area (Å²) in [6, 6.07) is 17.7. The molecule has 2 aromatic carbocycles. The third-order valence-corrected chi connectivity index (χ3v) is 4.43. The van der Waals surface area contributed by atoms with E-state index in [1.165, 1.54) is 0 Å². The molecule has 3 aromatic rings. The second-order valence-electron chi connectivity index (χ2n) is 6.47. The molecule has 1 heterocycles. The van der Waals surface area contributed by atoms with Crippen molar-refractivity contribution >= 4 is 17.3 Å². The van der Waals surface area contributed by atoms with Gasteiger partial charge in [0.2, 0.25) is 0 Å². The summed E-state index contributed by atoms with van der Waals surface area (Å²) in [7, 11) is 3.27. The molecule has 0 amide bonds. The molecule has 28 heavy (non-hydrogen) atoms. The quantitative estimate of drug-likeness (QED) is 0.567. The Morgan fingerprint density at radius 2 is 1.68 bits per heavy atom. The molecule has 0 fully saturated rings. The van der Waals surface area contributed by atoms with Crippen LogP contribution in [0, 0.1) is 0 Å². The predicted molar refractivity (Wildman–Crippen MR) is 114 cm³/mol. The van der Waals surface area contributed by atoms with Crippen LogP contribution in [0.4, 0.5) is 17.3 Å². The molecule has 0 bridgehead atoms. The van der Waals surface area contributed by atoms with Crippen molar-refractivity contribution in [1.82, 2.24) is 9.97 Å². The van der Waals surface area contributed by atoms with Crippen molar-refractivity contribution in [3.05, 3.63) is 54.6 Å². The van der Waals surface area contributed by atoms with Crippen molar-refractivity contribution in [2.24, 2.45) is 0 Å². The minimum absolute atomic E-state index is 0.303. The van der Waals surface area contributed by atoms with Crippen molar-refractivity contribution in [3.63, 3.8) is 0 Å². The maximum atomic E-state index is 5.47. The van der Waals surface area contributed by atoms with Crippen LogP contribution in [-0.2, 0) is 0 Å². The topological polar surface area (TPSA) is 68.3 Å². The van der Waals surface area contributed by atoms with E-state index in [2.05, 4.69) is 24.5 Å². The molecule has 3 rings (SSSR count). The second-order valence-corrected chi connectivity index (χ2v) is 6.47. The zero-order valence-corrected chi connectivity index (χ0v) is 16.7. The lowest BCUT2D eigenvalue weighted by Gasteiger charge is -2.16. The Morgan fingerprint density at radius 3 is 2.36 bits per heavy atom. The number of benzene rings is 2. The van der Waals surface area contributed by atoms with Gasteiger partial charge in [0, 0.05) is 23.7 Å². The number of rotatable bonds is 8. The van der Waals surface area contributed by atoms with Crippen LogP contribution in [0.25, 0.3) is 11.4 Å². The Bertz CT molecular complexity index is 916. The number of nitrogens with one attached hydrogen (secondary N) is 2. The lowest BCUT2D eigenvalue weighted by atomic mass is 10.2. The monoisotopic (exact) mass is 378 g/mol. The number of aromatic nitrogens is 2. The van der Waals surface area contributed by atoms with E-state index in [0.717, 1.165) is 29.2 Å². The number of methoxy groups -OCH3 is 2. The average molecular weight is 378 g/mol. The zero-order valence-electron chi connectivity index (χ0n) is 16.7. The third-order valence-electron chi connectivity index (χ3n) is 4.43. The average Bonchev–Trinajstić information content (AvgIpc) is 2.74. The first-order valence-corrected chi connectivity index (χ1v) is 9.33. The van der Waals surface area contributed by atoms with Gasteiger partial charge in [-0.2, -0.15) is 0 Å². The van der Waals surface area contributed by atoms with Crippen molar-refractivity contribution in [2.45, 2.75) is 26.3 Å². The first kappa shape index (κ1) is 19.5. The fourth-order valence-corrected chi connectivity index (χ4v) is 2.71. The molecule has 0 radical (unpaired) electrons. The third kappa shape index (κ3) is 4.71. The van der Waals surface area contributed by atoms with E-state index in [9.17, 15) is 0 Å². The normalized spacial score (nSPS) is 11.6. The SMILES string of the molecule is CCC(C)Nc1cc(Nc2cc(OC)ccc2OC)nc(-c2ccccc2)n1. The van der Waals surface area contributed by atoms with Crippen molar-refractivity contribution < 1.29 is 9.47 Å². The smallest absolute Gasteiger partial charge is 0.163 e. The van der Waals surface area contributed by atoms with Gasteiger partial charge in [-0.1, -0.05) is 37.3 Å². The number of hydrogen-bond acceptors (Lipinski definition) is 6. The van der Waals surface area contributed by atoms with Crippen LogP contribution in [0.15, 0.2) is 54.6 Å². The van der Waals surface area contributed by atoms with E-state index in [0.29, 0.717) is 23.4 Å². The Hall–Kier alpha value is -3.28. The highest BCUT2D eigenvalue weighted by atomic mass is 16.5. The summed E-state index contributed by atoms with van der Waals surface area (Å²) in [4.78, 5) is 9.40. The van der Waals surface area contributed by atoms with Crippen LogP contribution in [0.2, 0.25) is 0 Å². The predicted octanol–water partition coefficient (Wildman–Crippen LogP) is 5.11. The van der Waals surface area contributed by atoms with Gasteiger partial charge in [-0.25, -0.2) is 9.97 Å². The zero-order chi connectivity index (χ0) is 19.9. The van der Waals surface area contributed by atoms with E-state index < -0.39 is 0 Å². The molecule has 1 aromatic heterocycles. The van der Waals surface area contributed by atoms with Crippen LogP contribution >= 0.6 is 0 Å². The van der Waals surface area contributed by atoms with Gasteiger partial charge < -0.3 is 20.1 Å². The van der Waals surface area contributed by atoms with Gasteiger partial charge in [0.15, 0.2) is 5.82 Å². The molecular formula is C22H26N4O2. The lowest BCUT2D eigenvalue weighted by Crippen LogP contribution is -2.15. The highest BCUT2D eigenvalue weighted by Gasteiger charge is 2.11. The first-order chi connectivity index (χ1) is 13.6. The van der Waals surface area contributed by atoms with Gasteiger partial charge >= 0.3 is 0 Å². The maximum Gasteiger partial charge on any atom is 0.163 e. The molecule has 0 aliphatic heterocycles. The van der Waals surface area contributed by atoms with Gasteiger partial charge in [-0.3, -0.25) is 0 Å². The van der Waals surface area contributed by atoms with E-state index in [1.807, 2.05) is 54.6 Å². The summed E-state index contributed by atoms with van der Waals surface area (Å²) < 4.78 is 10.8. The summed E-state index contributed by atoms with van der Waals surface area (Å²) >= 11 is 0. The van der Waals surface area contributed by atoms with Crippen LogP contribution in [-0.4, -0.2) is 30.2 Å². The molecular weight excluding hydrogens is 352 g/mol. The molecule has 6 nitrogen and oxygen atoms in total. The number of anilines is 3. The van der Waals surface area contributed by atoms with Crippen molar-refractivity contribution in [2.75, 3.05) is 24.9 Å². The molecule has 6 heteroatoms.